The molecule has 1 aromatic heterocycles. The van der Waals surface area contributed by atoms with Crippen molar-refractivity contribution < 1.29 is 13.5 Å². The van der Waals surface area contributed by atoms with Crippen LogP contribution in [-0.4, -0.2) is 14.2 Å². The van der Waals surface area contributed by atoms with E-state index in [2.05, 4.69) is 5.32 Å². The number of benzene rings is 1. The van der Waals surface area contributed by atoms with Gasteiger partial charge in [0.1, 0.15) is 11.6 Å². The van der Waals surface area contributed by atoms with E-state index in [1.165, 1.54) is 17.4 Å². The van der Waals surface area contributed by atoms with Crippen LogP contribution in [0.5, 0.6) is 0 Å². The topological polar surface area (TPSA) is 21.3 Å². The Morgan fingerprint density at radius 3 is 2.76 bits per heavy atom. The first-order valence-corrected chi connectivity index (χ1v) is 6.01. The van der Waals surface area contributed by atoms with Crippen molar-refractivity contribution >= 4 is 21.4 Å². The Bertz CT molecular complexity index is 539. The zero-order valence-electron chi connectivity index (χ0n) is 9.64. The van der Waals surface area contributed by atoms with Crippen LogP contribution >= 0.6 is 11.3 Å². The molecule has 0 bridgehead atoms. The van der Waals surface area contributed by atoms with Gasteiger partial charge in [0.2, 0.25) is 0 Å². The van der Waals surface area contributed by atoms with Gasteiger partial charge in [-0.2, -0.15) is 0 Å². The van der Waals surface area contributed by atoms with Crippen LogP contribution in [0.4, 0.5) is 8.78 Å². The molecule has 0 radical (unpaired) electrons. The highest BCUT2D eigenvalue weighted by molar-refractivity contribution is 7.19. The molecule has 5 heteroatoms. The predicted molar refractivity (Wildman–Crippen MR) is 65.2 cm³/mol. The monoisotopic (exact) mass is 257 g/mol. The minimum Gasteiger partial charge on any atom is -0.380 e. The van der Waals surface area contributed by atoms with E-state index in [1.54, 1.807) is 7.11 Å². The molecule has 1 N–H and O–H groups in total. The number of methoxy groups -OCH3 is 1. The summed E-state index contributed by atoms with van der Waals surface area (Å²) in [6.45, 7) is 0.985. The minimum absolute atomic E-state index is 0.361. The second-order valence-electron chi connectivity index (χ2n) is 3.73. The smallest absolute Gasteiger partial charge is 0.143 e. The van der Waals surface area contributed by atoms with Gasteiger partial charge in [0, 0.05) is 35.5 Å². The highest BCUT2D eigenvalue weighted by Crippen LogP contribution is 2.34. The van der Waals surface area contributed by atoms with Crippen LogP contribution in [0.2, 0.25) is 0 Å². The molecule has 0 unspecified atom stereocenters. The van der Waals surface area contributed by atoms with Crippen molar-refractivity contribution in [2.75, 3.05) is 14.2 Å². The molecular formula is C12H13F2NOS. The summed E-state index contributed by atoms with van der Waals surface area (Å²) in [5, 5.41) is 3.63. The van der Waals surface area contributed by atoms with Gasteiger partial charge in [0.05, 0.1) is 11.3 Å². The number of ether oxygens (including phenoxy) is 1. The lowest BCUT2D eigenvalue weighted by atomic mass is 10.1. The van der Waals surface area contributed by atoms with Crippen molar-refractivity contribution in [2.24, 2.45) is 0 Å². The summed E-state index contributed by atoms with van der Waals surface area (Å²) in [6, 6.07) is 2.28. The average molecular weight is 257 g/mol. The number of thiophene rings is 1. The van der Waals surface area contributed by atoms with E-state index < -0.39 is 11.6 Å². The highest BCUT2D eigenvalue weighted by Gasteiger charge is 2.15. The summed E-state index contributed by atoms with van der Waals surface area (Å²) in [4.78, 5) is 0.980. The third kappa shape index (κ3) is 2.31. The fourth-order valence-corrected chi connectivity index (χ4v) is 3.03. The molecule has 0 saturated carbocycles. The number of halogens is 2. The van der Waals surface area contributed by atoms with Gasteiger partial charge in [-0.3, -0.25) is 0 Å². The molecule has 0 fully saturated rings. The highest BCUT2D eigenvalue weighted by atomic mass is 32.1. The summed E-state index contributed by atoms with van der Waals surface area (Å²) < 4.78 is 32.4. The van der Waals surface area contributed by atoms with Crippen LogP contribution in [0.15, 0.2) is 12.1 Å². The molecule has 0 atom stereocenters. The molecule has 1 aromatic carbocycles. The zero-order valence-corrected chi connectivity index (χ0v) is 10.5. The van der Waals surface area contributed by atoms with Gasteiger partial charge >= 0.3 is 0 Å². The molecule has 0 aliphatic rings. The van der Waals surface area contributed by atoms with Crippen LogP contribution in [0.25, 0.3) is 10.1 Å². The molecule has 2 rings (SSSR count). The third-order valence-electron chi connectivity index (χ3n) is 2.52. The van der Waals surface area contributed by atoms with E-state index in [1.807, 2.05) is 7.05 Å². The van der Waals surface area contributed by atoms with E-state index in [0.29, 0.717) is 23.2 Å². The van der Waals surface area contributed by atoms with Gasteiger partial charge < -0.3 is 10.1 Å². The Morgan fingerprint density at radius 2 is 2.12 bits per heavy atom. The van der Waals surface area contributed by atoms with E-state index in [9.17, 15) is 8.78 Å². The van der Waals surface area contributed by atoms with Gasteiger partial charge in [-0.15, -0.1) is 11.3 Å². The molecular weight excluding hydrogens is 244 g/mol. The van der Waals surface area contributed by atoms with E-state index in [0.717, 1.165) is 16.5 Å². The van der Waals surface area contributed by atoms with Crippen LogP contribution in [0.1, 0.15) is 10.4 Å². The summed E-state index contributed by atoms with van der Waals surface area (Å²) in [6.07, 6.45) is 0. The Kier molecular flexibility index (Phi) is 3.71. The normalized spacial score (nSPS) is 11.3. The molecule has 0 spiro atoms. The quantitative estimate of drug-likeness (QED) is 0.909. The van der Waals surface area contributed by atoms with Crippen LogP contribution < -0.4 is 5.32 Å². The molecule has 0 saturated heterocycles. The molecule has 92 valence electrons. The van der Waals surface area contributed by atoms with Gasteiger partial charge in [0.25, 0.3) is 0 Å². The maximum atomic E-state index is 13.6. The van der Waals surface area contributed by atoms with Gasteiger partial charge in [0.15, 0.2) is 0 Å². The number of fused-ring (bicyclic) bond motifs is 1. The fraction of sp³-hybridized carbons (Fsp3) is 0.333. The molecule has 0 aliphatic heterocycles. The predicted octanol–water partition coefficient (Wildman–Crippen LogP) is 3.05. The van der Waals surface area contributed by atoms with E-state index in [-0.39, 0.29) is 0 Å². The molecule has 0 amide bonds. The first kappa shape index (κ1) is 12.4. The van der Waals surface area contributed by atoms with Crippen molar-refractivity contribution in [2.45, 2.75) is 13.2 Å². The van der Waals surface area contributed by atoms with E-state index >= 15 is 0 Å². The number of hydrogen-bond donors (Lipinski definition) is 1. The molecule has 0 aliphatic carbocycles. The van der Waals surface area contributed by atoms with Crippen molar-refractivity contribution in [3.8, 4) is 0 Å². The average Bonchev–Trinajstić information content (AvgIpc) is 2.59. The Labute approximate surface area is 102 Å². The molecule has 2 nitrogen and oxygen atoms in total. The van der Waals surface area contributed by atoms with Gasteiger partial charge in [-0.25, -0.2) is 8.78 Å². The van der Waals surface area contributed by atoms with Gasteiger partial charge in [-0.05, 0) is 13.1 Å². The van der Waals surface area contributed by atoms with Crippen molar-refractivity contribution in [3.05, 3.63) is 34.2 Å². The first-order chi connectivity index (χ1) is 8.17. The fourth-order valence-electron chi connectivity index (χ4n) is 1.83. The van der Waals surface area contributed by atoms with Crippen LogP contribution in [0.3, 0.4) is 0 Å². The lowest BCUT2D eigenvalue weighted by molar-refractivity contribution is 0.185. The van der Waals surface area contributed by atoms with Crippen molar-refractivity contribution in [1.82, 2.24) is 5.32 Å². The Balaban J connectivity index is 2.66. The number of nitrogens with one attached hydrogen (secondary N) is 1. The lowest BCUT2D eigenvalue weighted by Crippen LogP contribution is -2.05. The largest absolute Gasteiger partial charge is 0.380 e. The lowest BCUT2D eigenvalue weighted by Gasteiger charge is -2.02. The Hall–Kier alpha value is -1.04. The van der Waals surface area contributed by atoms with Gasteiger partial charge in [-0.1, -0.05) is 0 Å². The summed E-state index contributed by atoms with van der Waals surface area (Å²) in [5.74, 6) is -1.06. The summed E-state index contributed by atoms with van der Waals surface area (Å²) >= 11 is 1.34. The van der Waals surface area contributed by atoms with Crippen LogP contribution in [-0.2, 0) is 17.9 Å². The second-order valence-corrected chi connectivity index (χ2v) is 4.84. The number of rotatable bonds is 4. The molecule has 1 heterocycles. The second kappa shape index (κ2) is 5.08. The third-order valence-corrected chi connectivity index (χ3v) is 3.78. The Morgan fingerprint density at radius 1 is 1.35 bits per heavy atom. The zero-order chi connectivity index (χ0) is 12.4. The maximum absolute atomic E-state index is 13.6. The van der Waals surface area contributed by atoms with Crippen molar-refractivity contribution in [3.63, 3.8) is 0 Å². The maximum Gasteiger partial charge on any atom is 0.143 e. The molecule has 2 aromatic rings. The molecule has 17 heavy (non-hydrogen) atoms. The van der Waals surface area contributed by atoms with Crippen molar-refractivity contribution in [1.29, 1.82) is 0 Å². The number of hydrogen-bond acceptors (Lipinski definition) is 3. The SMILES string of the molecule is CNCc1sc2c(F)cc(F)cc2c1COC. The van der Waals surface area contributed by atoms with E-state index in [4.69, 9.17) is 4.74 Å². The standard InChI is InChI=1S/C12H13F2NOS/c1-15-5-11-9(6-16-2)8-3-7(13)4-10(14)12(8)17-11/h3-4,15H,5-6H2,1-2H3. The van der Waals surface area contributed by atoms with Crippen LogP contribution in [0, 0.1) is 11.6 Å². The summed E-state index contributed by atoms with van der Waals surface area (Å²) in [5.41, 5.74) is 0.861. The first-order valence-electron chi connectivity index (χ1n) is 5.20. The minimum atomic E-state index is -0.554. The summed E-state index contributed by atoms with van der Waals surface area (Å²) in [7, 11) is 3.39.